The molecule has 0 aromatic heterocycles. The topological polar surface area (TPSA) is 67.6 Å². The second-order valence-electron chi connectivity index (χ2n) is 5.26. The van der Waals surface area contributed by atoms with Crippen molar-refractivity contribution in [2.75, 3.05) is 24.5 Å². The van der Waals surface area contributed by atoms with Crippen molar-refractivity contribution >= 4 is 11.8 Å². The summed E-state index contributed by atoms with van der Waals surface area (Å²) in [6, 6.07) is 7.78. The van der Waals surface area contributed by atoms with Gasteiger partial charge < -0.3 is 15.8 Å². The molecule has 1 aromatic rings. The van der Waals surface area contributed by atoms with Gasteiger partial charge in [-0.05, 0) is 30.8 Å². The minimum Gasteiger partial charge on any atom is -0.441 e. The number of nitrogens with zero attached hydrogens (tertiary/aromatic N) is 1. The van der Waals surface area contributed by atoms with E-state index in [1.54, 1.807) is 4.90 Å². The highest BCUT2D eigenvalue weighted by atomic mass is 16.6. The average molecular weight is 261 g/mol. The molecule has 0 radical (unpaired) electrons. The lowest BCUT2D eigenvalue weighted by Crippen LogP contribution is -2.44. The molecule has 1 amide bonds. The van der Waals surface area contributed by atoms with Gasteiger partial charge in [0.2, 0.25) is 0 Å². The zero-order chi connectivity index (χ0) is 13.3. The van der Waals surface area contributed by atoms with Crippen LogP contribution in [0.2, 0.25) is 0 Å². The van der Waals surface area contributed by atoms with Crippen molar-refractivity contribution in [2.45, 2.75) is 25.0 Å². The number of carbonyl (C=O) groups excluding carboxylic acids is 1. The number of nitrogens with two attached hydrogens (primary N) is 1. The number of nitrogens with one attached hydrogen (secondary N) is 1. The average Bonchev–Trinajstić information content (AvgIpc) is 2.76. The second-order valence-corrected chi connectivity index (χ2v) is 5.26. The Kier molecular flexibility index (Phi) is 3.16. The molecule has 3 N–H and O–H groups in total. The largest absolute Gasteiger partial charge is 0.441 e. The number of anilines is 1. The van der Waals surface area contributed by atoms with Gasteiger partial charge in [0.25, 0.3) is 0 Å². The lowest BCUT2D eigenvalue weighted by Gasteiger charge is -2.31. The van der Waals surface area contributed by atoms with Crippen molar-refractivity contribution in [1.29, 1.82) is 0 Å². The van der Waals surface area contributed by atoms with Crippen LogP contribution in [-0.4, -0.2) is 31.3 Å². The minimum atomic E-state index is -0.297. The van der Waals surface area contributed by atoms with E-state index in [-0.39, 0.29) is 11.7 Å². The van der Waals surface area contributed by atoms with Crippen LogP contribution in [0, 0.1) is 0 Å². The Bertz CT molecular complexity index is 466. The third-order valence-corrected chi connectivity index (χ3v) is 3.97. The molecule has 5 heteroatoms. The van der Waals surface area contributed by atoms with Crippen LogP contribution in [-0.2, 0) is 11.3 Å². The number of benzene rings is 1. The maximum absolute atomic E-state index is 12.1. The molecule has 0 saturated carbocycles. The van der Waals surface area contributed by atoms with E-state index in [1.807, 2.05) is 24.3 Å². The summed E-state index contributed by atoms with van der Waals surface area (Å²) < 4.78 is 5.64. The van der Waals surface area contributed by atoms with Crippen LogP contribution in [0.3, 0.4) is 0 Å². The molecule has 2 fully saturated rings. The molecule has 0 bridgehead atoms. The summed E-state index contributed by atoms with van der Waals surface area (Å²) in [6.07, 6.45) is 1.54. The molecular formula is C14H19N3O2. The van der Waals surface area contributed by atoms with Gasteiger partial charge in [0.05, 0.1) is 6.54 Å². The highest BCUT2D eigenvalue weighted by molar-refractivity contribution is 5.90. The summed E-state index contributed by atoms with van der Waals surface area (Å²) >= 11 is 0. The molecule has 2 saturated heterocycles. The number of amides is 1. The van der Waals surface area contributed by atoms with E-state index in [9.17, 15) is 4.79 Å². The summed E-state index contributed by atoms with van der Waals surface area (Å²) in [4.78, 5) is 13.8. The first-order valence-electron chi connectivity index (χ1n) is 6.73. The van der Waals surface area contributed by atoms with E-state index >= 15 is 0 Å². The molecule has 3 rings (SSSR count). The van der Waals surface area contributed by atoms with E-state index < -0.39 is 0 Å². The smallest absolute Gasteiger partial charge is 0.415 e. The van der Waals surface area contributed by atoms with Gasteiger partial charge in [-0.1, -0.05) is 12.1 Å². The fourth-order valence-electron chi connectivity index (χ4n) is 2.78. The number of rotatable bonds is 2. The summed E-state index contributed by atoms with van der Waals surface area (Å²) in [5.41, 5.74) is 7.23. The summed E-state index contributed by atoms with van der Waals surface area (Å²) in [7, 11) is 0. The van der Waals surface area contributed by atoms with Gasteiger partial charge in [0.15, 0.2) is 0 Å². The van der Waals surface area contributed by atoms with Gasteiger partial charge in [-0.25, -0.2) is 4.79 Å². The molecule has 2 aliphatic rings. The Hall–Kier alpha value is -1.59. The van der Waals surface area contributed by atoms with Crippen molar-refractivity contribution in [1.82, 2.24) is 5.32 Å². The van der Waals surface area contributed by atoms with Gasteiger partial charge in [0.1, 0.15) is 5.60 Å². The van der Waals surface area contributed by atoms with Crippen molar-refractivity contribution in [3.8, 4) is 0 Å². The molecule has 0 unspecified atom stereocenters. The summed E-state index contributed by atoms with van der Waals surface area (Å²) in [5, 5.41) is 3.30. The second kappa shape index (κ2) is 4.83. The minimum absolute atomic E-state index is 0.234. The monoisotopic (exact) mass is 261 g/mol. The first kappa shape index (κ1) is 12.4. The SMILES string of the molecule is NCc1ccc(N2CC3(CCNCC3)OC2=O)cc1. The molecule has 1 spiro atoms. The Morgan fingerprint density at radius 1 is 1.26 bits per heavy atom. The van der Waals surface area contributed by atoms with Crippen LogP contribution >= 0.6 is 0 Å². The summed E-state index contributed by atoms with van der Waals surface area (Å²) in [5.74, 6) is 0. The zero-order valence-corrected chi connectivity index (χ0v) is 10.9. The first-order valence-corrected chi connectivity index (χ1v) is 6.73. The van der Waals surface area contributed by atoms with E-state index in [4.69, 9.17) is 10.5 Å². The van der Waals surface area contributed by atoms with Crippen molar-refractivity contribution < 1.29 is 9.53 Å². The van der Waals surface area contributed by atoms with Crippen LogP contribution in [0.4, 0.5) is 10.5 Å². The van der Waals surface area contributed by atoms with Crippen molar-refractivity contribution in [3.63, 3.8) is 0 Å². The molecule has 1 aromatic carbocycles. The maximum atomic E-state index is 12.1. The number of carbonyl (C=O) groups is 1. The fraction of sp³-hybridized carbons (Fsp3) is 0.500. The highest BCUT2D eigenvalue weighted by Gasteiger charge is 2.46. The van der Waals surface area contributed by atoms with Crippen LogP contribution in [0.5, 0.6) is 0 Å². The van der Waals surface area contributed by atoms with Gasteiger partial charge in [-0.3, -0.25) is 4.90 Å². The Balaban J connectivity index is 1.79. The van der Waals surface area contributed by atoms with Crippen LogP contribution in [0.1, 0.15) is 18.4 Å². The Morgan fingerprint density at radius 2 is 1.95 bits per heavy atom. The molecule has 102 valence electrons. The number of piperidine rings is 1. The molecule has 0 aliphatic carbocycles. The van der Waals surface area contributed by atoms with Crippen LogP contribution in [0.15, 0.2) is 24.3 Å². The Labute approximate surface area is 112 Å². The van der Waals surface area contributed by atoms with Gasteiger partial charge in [0, 0.05) is 25.1 Å². The zero-order valence-electron chi connectivity index (χ0n) is 10.9. The summed E-state index contributed by atoms with van der Waals surface area (Å²) in [6.45, 7) is 2.98. The molecule has 19 heavy (non-hydrogen) atoms. The standard InChI is InChI=1S/C14H19N3O2/c15-9-11-1-3-12(4-2-11)17-10-14(19-13(17)18)5-7-16-8-6-14/h1-4,16H,5-10,15H2. The molecular weight excluding hydrogens is 242 g/mol. The quantitative estimate of drug-likeness (QED) is 0.840. The fourth-order valence-corrected chi connectivity index (χ4v) is 2.78. The number of hydrogen-bond acceptors (Lipinski definition) is 4. The van der Waals surface area contributed by atoms with E-state index in [1.165, 1.54) is 0 Å². The van der Waals surface area contributed by atoms with Crippen molar-refractivity contribution in [2.24, 2.45) is 5.73 Å². The third kappa shape index (κ3) is 2.31. The number of ether oxygens (including phenoxy) is 1. The molecule has 5 nitrogen and oxygen atoms in total. The van der Waals surface area contributed by atoms with Gasteiger partial charge in [-0.15, -0.1) is 0 Å². The maximum Gasteiger partial charge on any atom is 0.415 e. The van der Waals surface area contributed by atoms with Gasteiger partial charge in [-0.2, -0.15) is 0 Å². The Morgan fingerprint density at radius 3 is 2.58 bits per heavy atom. The third-order valence-electron chi connectivity index (χ3n) is 3.97. The highest BCUT2D eigenvalue weighted by Crippen LogP contribution is 2.34. The molecule has 0 atom stereocenters. The lowest BCUT2D eigenvalue weighted by molar-refractivity contribution is 0.0316. The molecule has 2 aliphatic heterocycles. The van der Waals surface area contributed by atoms with Crippen LogP contribution in [0.25, 0.3) is 0 Å². The number of hydrogen-bond donors (Lipinski definition) is 2. The normalized spacial score (nSPS) is 21.7. The van der Waals surface area contributed by atoms with E-state index in [0.29, 0.717) is 13.1 Å². The molecule has 2 heterocycles. The first-order chi connectivity index (χ1) is 9.22. The van der Waals surface area contributed by atoms with E-state index in [2.05, 4.69) is 5.32 Å². The van der Waals surface area contributed by atoms with Gasteiger partial charge >= 0.3 is 6.09 Å². The lowest BCUT2D eigenvalue weighted by atomic mass is 9.92. The predicted octanol–water partition coefficient (Wildman–Crippen LogP) is 1.22. The van der Waals surface area contributed by atoms with Crippen LogP contribution < -0.4 is 16.0 Å². The van der Waals surface area contributed by atoms with Crippen molar-refractivity contribution in [3.05, 3.63) is 29.8 Å². The van der Waals surface area contributed by atoms with E-state index in [0.717, 1.165) is 37.2 Å². The predicted molar refractivity (Wildman–Crippen MR) is 73.0 cm³/mol.